The van der Waals surface area contributed by atoms with Crippen LogP contribution in [0.3, 0.4) is 0 Å². The fourth-order valence-corrected chi connectivity index (χ4v) is 1.81. The molecule has 1 heterocycles. The largest absolute Gasteiger partial charge is 0.308 e. The smallest absolute Gasteiger partial charge is 0.168 e. The lowest BCUT2D eigenvalue weighted by Gasteiger charge is -2.13. The Labute approximate surface area is 102 Å². The Morgan fingerprint density at radius 1 is 1.17 bits per heavy atom. The first-order valence-corrected chi connectivity index (χ1v) is 5.40. The highest BCUT2D eigenvalue weighted by Crippen LogP contribution is 2.29. The number of pyridine rings is 1. The first-order valence-electron chi connectivity index (χ1n) is 5.40. The van der Waals surface area contributed by atoms with Crippen molar-refractivity contribution in [2.45, 2.75) is 19.8 Å². The highest BCUT2D eigenvalue weighted by molar-refractivity contribution is 5.83. The van der Waals surface area contributed by atoms with Crippen molar-refractivity contribution in [3.63, 3.8) is 0 Å². The first-order chi connectivity index (χ1) is 8.45. The molecule has 0 atom stereocenters. The van der Waals surface area contributed by atoms with Crippen LogP contribution < -0.4 is 11.3 Å². The summed E-state index contributed by atoms with van der Waals surface area (Å²) in [6.45, 7) is 3.69. The van der Waals surface area contributed by atoms with Gasteiger partial charge in [0.1, 0.15) is 11.3 Å². The van der Waals surface area contributed by atoms with E-state index in [1.165, 1.54) is 6.07 Å². The fourth-order valence-electron chi connectivity index (χ4n) is 1.81. The topological polar surface area (TPSA) is 50.9 Å². The zero-order valence-corrected chi connectivity index (χ0v) is 9.89. The Morgan fingerprint density at radius 2 is 1.83 bits per heavy atom. The monoisotopic (exact) mass is 255 g/mol. The molecule has 0 radical (unpaired) electrons. The molecule has 0 amide bonds. The van der Waals surface area contributed by atoms with Crippen LogP contribution in [-0.4, -0.2) is 4.98 Å². The summed E-state index contributed by atoms with van der Waals surface area (Å²) in [5.41, 5.74) is 2.68. The van der Waals surface area contributed by atoms with E-state index in [2.05, 4.69) is 10.4 Å². The number of nitrogens with one attached hydrogen (secondary N) is 1. The molecule has 2 rings (SSSR count). The number of nitrogens with zero attached hydrogens (tertiary/aromatic N) is 1. The van der Waals surface area contributed by atoms with E-state index in [4.69, 9.17) is 5.84 Å². The highest BCUT2D eigenvalue weighted by Gasteiger charge is 2.17. The van der Waals surface area contributed by atoms with Crippen LogP contribution in [0.1, 0.15) is 25.3 Å². The van der Waals surface area contributed by atoms with E-state index >= 15 is 0 Å². The zero-order chi connectivity index (χ0) is 13.4. The second kappa shape index (κ2) is 4.45. The number of nitrogen functional groups attached to an aromatic ring is 1. The van der Waals surface area contributed by atoms with Gasteiger partial charge < -0.3 is 5.43 Å². The third-order valence-corrected chi connectivity index (χ3v) is 2.74. The van der Waals surface area contributed by atoms with Crippen LogP contribution >= 0.6 is 0 Å². The number of anilines is 1. The molecule has 0 aliphatic rings. The Kier molecular flexibility index (Phi) is 3.13. The van der Waals surface area contributed by atoms with E-state index < -0.39 is 17.5 Å². The molecule has 0 unspecified atom stereocenters. The molecular weight excluding hydrogens is 243 g/mol. The van der Waals surface area contributed by atoms with Crippen molar-refractivity contribution in [2.75, 3.05) is 5.43 Å². The molecule has 0 saturated carbocycles. The van der Waals surface area contributed by atoms with E-state index in [-0.39, 0.29) is 22.6 Å². The van der Waals surface area contributed by atoms with Gasteiger partial charge in [0.2, 0.25) is 0 Å². The predicted octanol–water partition coefficient (Wildman–Crippen LogP) is 3.06. The molecule has 0 aliphatic carbocycles. The summed E-state index contributed by atoms with van der Waals surface area (Å²) in [4.78, 5) is 3.90. The van der Waals surface area contributed by atoms with Crippen LogP contribution in [0.25, 0.3) is 10.9 Å². The Balaban J connectivity index is 2.87. The first kappa shape index (κ1) is 12.6. The maximum atomic E-state index is 13.6. The van der Waals surface area contributed by atoms with Gasteiger partial charge in [-0.1, -0.05) is 13.8 Å². The second-order valence-corrected chi connectivity index (χ2v) is 4.28. The Morgan fingerprint density at radius 3 is 2.39 bits per heavy atom. The lowest BCUT2D eigenvalue weighted by molar-refractivity contribution is 0.505. The lowest BCUT2D eigenvalue weighted by Crippen LogP contribution is -2.12. The number of nitrogens with two attached hydrogens (primary N) is 1. The maximum Gasteiger partial charge on any atom is 0.168 e. The van der Waals surface area contributed by atoms with E-state index in [1.54, 1.807) is 0 Å². The number of fused-ring (bicyclic) bond motifs is 1. The maximum absolute atomic E-state index is 13.6. The molecule has 0 fully saturated rings. The van der Waals surface area contributed by atoms with Crippen LogP contribution in [0.4, 0.5) is 19.0 Å². The summed E-state index contributed by atoms with van der Waals surface area (Å²) >= 11 is 0. The van der Waals surface area contributed by atoms with Crippen LogP contribution in [0, 0.1) is 17.5 Å². The number of hydrogen-bond acceptors (Lipinski definition) is 3. The van der Waals surface area contributed by atoms with Gasteiger partial charge in [-0.2, -0.15) is 0 Å². The van der Waals surface area contributed by atoms with Gasteiger partial charge in [-0.15, -0.1) is 0 Å². The van der Waals surface area contributed by atoms with Gasteiger partial charge in [-0.25, -0.2) is 24.0 Å². The number of benzene rings is 1. The van der Waals surface area contributed by atoms with Gasteiger partial charge >= 0.3 is 0 Å². The number of aromatic nitrogens is 1. The molecule has 3 nitrogen and oxygen atoms in total. The molecule has 1 aromatic carbocycles. The number of hydrogen-bond donors (Lipinski definition) is 2. The van der Waals surface area contributed by atoms with Crippen molar-refractivity contribution in [3.05, 3.63) is 35.1 Å². The van der Waals surface area contributed by atoms with Crippen LogP contribution in [0.2, 0.25) is 0 Å². The number of halogens is 3. The minimum absolute atomic E-state index is 0.0151. The normalized spacial score (nSPS) is 11.3. The van der Waals surface area contributed by atoms with Gasteiger partial charge in [0.25, 0.3) is 0 Å². The molecule has 0 saturated heterocycles. The average molecular weight is 255 g/mol. The van der Waals surface area contributed by atoms with Crippen LogP contribution in [0.15, 0.2) is 12.1 Å². The third-order valence-electron chi connectivity index (χ3n) is 2.74. The molecule has 3 N–H and O–H groups in total. The SMILES string of the molecule is CC(C)c1cc2c(F)c(F)cc(F)c2nc1NN. The van der Waals surface area contributed by atoms with Crippen molar-refractivity contribution >= 4 is 16.7 Å². The second-order valence-electron chi connectivity index (χ2n) is 4.28. The Hall–Kier alpha value is -1.82. The van der Waals surface area contributed by atoms with Gasteiger partial charge in [0, 0.05) is 11.5 Å². The van der Waals surface area contributed by atoms with Crippen molar-refractivity contribution in [2.24, 2.45) is 5.84 Å². The fraction of sp³-hybridized carbons (Fsp3) is 0.250. The molecule has 18 heavy (non-hydrogen) atoms. The summed E-state index contributed by atoms with van der Waals surface area (Å²) in [5, 5.41) is -0.185. The quantitative estimate of drug-likeness (QED) is 0.492. The summed E-state index contributed by atoms with van der Waals surface area (Å²) in [5.74, 6) is 2.27. The van der Waals surface area contributed by atoms with Gasteiger partial charge in [0.15, 0.2) is 17.5 Å². The zero-order valence-electron chi connectivity index (χ0n) is 9.89. The molecule has 0 bridgehead atoms. The number of hydrazine groups is 1. The van der Waals surface area contributed by atoms with Gasteiger partial charge in [-0.05, 0) is 17.5 Å². The van der Waals surface area contributed by atoms with E-state index in [0.29, 0.717) is 11.6 Å². The van der Waals surface area contributed by atoms with Crippen LogP contribution in [-0.2, 0) is 0 Å². The minimum atomic E-state index is -1.23. The van der Waals surface area contributed by atoms with E-state index in [9.17, 15) is 13.2 Å². The van der Waals surface area contributed by atoms with Gasteiger partial charge in [-0.3, -0.25) is 0 Å². The molecule has 0 spiro atoms. The van der Waals surface area contributed by atoms with E-state index in [0.717, 1.165) is 0 Å². The van der Waals surface area contributed by atoms with Crippen molar-refractivity contribution in [1.82, 2.24) is 4.98 Å². The lowest BCUT2D eigenvalue weighted by atomic mass is 10.0. The van der Waals surface area contributed by atoms with Crippen LogP contribution in [0.5, 0.6) is 0 Å². The summed E-state index contributed by atoms with van der Waals surface area (Å²) in [6.07, 6.45) is 0. The molecule has 1 aromatic heterocycles. The van der Waals surface area contributed by atoms with E-state index in [1.807, 2.05) is 13.8 Å². The van der Waals surface area contributed by atoms with Crippen molar-refractivity contribution < 1.29 is 13.2 Å². The average Bonchev–Trinajstić information content (AvgIpc) is 2.34. The molecule has 0 aliphatic heterocycles. The molecular formula is C12H12F3N3. The molecule has 6 heteroatoms. The third kappa shape index (κ3) is 1.88. The summed E-state index contributed by atoms with van der Waals surface area (Å²) in [7, 11) is 0. The summed E-state index contributed by atoms with van der Waals surface area (Å²) < 4.78 is 40.3. The molecule has 96 valence electrons. The minimum Gasteiger partial charge on any atom is -0.308 e. The predicted molar refractivity (Wildman–Crippen MR) is 63.5 cm³/mol. The summed E-state index contributed by atoms with van der Waals surface area (Å²) in [6, 6.07) is 1.84. The molecule has 2 aromatic rings. The standard InChI is InChI=1S/C12H12F3N3/c1-5(2)6-3-7-10(15)8(13)4-9(14)11(7)17-12(6)18-16/h3-5H,16H2,1-2H3,(H,17,18). The van der Waals surface area contributed by atoms with Gasteiger partial charge in [0.05, 0.1) is 0 Å². The van der Waals surface area contributed by atoms with Crippen molar-refractivity contribution in [3.8, 4) is 0 Å². The number of rotatable bonds is 2. The highest BCUT2D eigenvalue weighted by atomic mass is 19.2. The van der Waals surface area contributed by atoms with Crippen molar-refractivity contribution in [1.29, 1.82) is 0 Å². The Bertz CT molecular complexity index is 611.